The summed E-state index contributed by atoms with van der Waals surface area (Å²) in [5.41, 5.74) is 0.427. The smallest absolute Gasteiger partial charge is 0.870 e. The standard InChI is InChI=1S/C17H26O4S.Na.H2O/c1-4-10-22(11-5-2,12-6-3)21-17(20)15-9-7-8-14(13-15)16(18)19;;/h7-9,13H,4-6,10-12H2,1-3H3,(H,18,19);;1H2/q;+1;/p-1. The molecular weight excluding hydrogens is 339 g/mol. The Morgan fingerprint density at radius 1 is 1.00 bits per heavy atom. The molecule has 24 heavy (non-hydrogen) atoms. The molecule has 1 aromatic rings. The maximum atomic E-state index is 12.5. The van der Waals surface area contributed by atoms with E-state index in [0.29, 0.717) is 5.56 Å². The van der Waals surface area contributed by atoms with E-state index in [1.165, 1.54) is 12.1 Å². The monoisotopic (exact) mass is 366 g/mol. The molecule has 7 heteroatoms. The fourth-order valence-electron chi connectivity index (χ4n) is 2.54. The molecule has 0 saturated carbocycles. The minimum atomic E-state index is -1.42. The minimum Gasteiger partial charge on any atom is -0.870 e. The van der Waals surface area contributed by atoms with Gasteiger partial charge in [-0.15, -0.1) is 0 Å². The van der Waals surface area contributed by atoms with Crippen LogP contribution < -0.4 is 29.6 Å². The summed E-state index contributed by atoms with van der Waals surface area (Å²) in [6.07, 6.45) is 2.95. The van der Waals surface area contributed by atoms with E-state index < -0.39 is 22.2 Å². The number of carbonyl (C=O) groups is 2. The second-order valence-corrected chi connectivity index (χ2v) is 8.66. The van der Waals surface area contributed by atoms with Gasteiger partial charge in [0.05, 0.1) is 11.1 Å². The number of rotatable bonds is 9. The summed E-state index contributed by atoms with van der Waals surface area (Å²) in [6, 6.07) is 6.06. The fourth-order valence-corrected chi connectivity index (χ4v) is 6.05. The van der Waals surface area contributed by atoms with Crippen LogP contribution in [0.2, 0.25) is 0 Å². The number of benzene rings is 1. The third-order valence-electron chi connectivity index (χ3n) is 3.33. The molecule has 0 spiro atoms. The van der Waals surface area contributed by atoms with Gasteiger partial charge in [0.15, 0.2) is 0 Å². The summed E-state index contributed by atoms with van der Waals surface area (Å²) < 4.78 is 5.93. The molecule has 0 aliphatic carbocycles. The molecule has 0 aliphatic rings. The Morgan fingerprint density at radius 2 is 1.46 bits per heavy atom. The largest absolute Gasteiger partial charge is 1.00 e. The number of carboxylic acid groups (broad SMARTS) is 1. The topological polar surface area (TPSA) is 93.6 Å². The molecule has 0 amide bonds. The molecule has 2 N–H and O–H groups in total. The van der Waals surface area contributed by atoms with E-state index in [-0.39, 0.29) is 40.6 Å². The van der Waals surface area contributed by atoms with Crippen molar-refractivity contribution in [1.29, 1.82) is 0 Å². The van der Waals surface area contributed by atoms with Gasteiger partial charge in [-0.2, -0.15) is 0 Å². The van der Waals surface area contributed by atoms with Crippen LogP contribution in [0, 0.1) is 0 Å². The van der Waals surface area contributed by atoms with Crippen molar-refractivity contribution in [2.45, 2.75) is 40.0 Å². The number of carboxylic acids is 1. The maximum Gasteiger partial charge on any atom is 1.00 e. The maximum absolute atomic E-state index is 12.5. The summed E-state index contributed by atoms with van der Waals surface area (Å²) in [7, 11) is -1.42. The van der Waals surface area contributed by atoms with Crippen LogP contribution in [0.4, 0.5) is 0 Å². The molecule has 132 valence electrons. The van der Waals surface area contributed by atoms with Gasteiger partial charge in [-0.05, 0) is 37.5 Å². The molecule has 1 rings (SSSR count). The predicted molar refractivity (Wildman–Crippen MR) is 93.8 cm³/mol. The summed E-state index contributed by atoms with van der Waals surface area (Å²) >= 11 is 0. The third kappa shape index (κ3) is 7.57. The molecule has 0 aliphatic heterocycles. The van der Waals surface area contributed by atoms with E-state index in [2.05, 4.69) is 20.8 Å². The van der Waals surface area contributed by atoms with Gasteiger partial charge >= 0.3 is 41.5 Å². The van der Waals surface area contributed by atoms with Crippen molar-refractivity contribution in [2.75, 3.05) is 17.3 Å². The van der Waals surface area contributed by atoms with E-state index in [4.69, 9.17) is 9.29 Å². The fraction of sp³-hybridized carbons (Fsp3) is 0.529. The van der Waals surface area contributed by atoms with Crippen LogP contribution >= 0.6 is 10.3 Å². The molecule has 0 atom stereocenters. The molecule has 5 nitrogen and oxygen atoms in total. The van der Waals surface area contributed by atoms with Crippen LogP contribution in [0.3, 0.4) is 0 Å². The predicted octanol–water partition coefficient (Wildman–Crippen LogP) is 1.32. The van der Waals surface area contributed by atoms with Crippen molar-refractivity contribution in [1.82, 2.24) is 0 Å². The Balaban J connectivity index is 0. The molecular formula is C17H27NaO5S. The van der Waals surface area contributed by atoms with Crippen LogP contribution in [0.1, 0.15) is 60.7 Å². The number of hydrogen-bond donors (Lipinski definition) is 1. The number of aromatic carboxylic acids is 1. The van der Waals surface area contributed by atoms with Crippen molar-refractivity contribution in [2.24, 2.45) is 0 Å². The van der Waals surface area contributed by atoms with Crippen molar-refractivity contribution >= 4 is 22.2 Å². The van der Waals surface area contributed by atoms with E-state index >= 15 is 0 Å². The average molecular weight is 366 g/mol. The SMILES string of the molecule is CCCS(CCC)(CCC)OC(=O)c1cccc(C(=O)O)c1.[Na+].[OH-]. The Morgan fingerprint density at radius 3 is 1.88 bits per heavy atom. The van der Waals surface area contributed by atoms with E-state index in [9.17, 15) is 9.59 Å². The molecule has 0 bridgehead atoms. The van der Waals surface area contributed by atoms with Crippen LogP contribution in [-0.4, -0.2) is 39.8 Å². The minimum absolute atomic E-state index is 0. The normalized spacial score (nSPS) is 11.0. The first-order valence-electron chi connectivity index (χ1n) is 7.81. The van der Waals surface area contributed by atoms with Gasteiger partial charge in [0.2, 0.25) is 0 Å². The Hall–Kier alpha value is -0.530. The summed E-state index contributed by atoms with van der Waals surface area (Å²) in [5.74, 6) is 1.31. The van der Waals surface area contributed by atoms with Crippen molar-refractivity contribution in [3.63, 3.8) is 0 Å². The first-order valence-corrected chi connectivity index (χ1v) is 9.88. The van der Waals surface area contributed by atoms with Gasteiger partial charge < -0.3 is 14.8 Å². The third-order valence-corrected chi connectivity index (χ3v) is 7.29. The second-order valence-electron chi connectivity index (χ2n) is 5.34. The first kappa shape index (κ1) is 25.7. The van der Waals surface area contributed by atoms with Crippen molar-refractivity contribution in [3.05, 3.63) is 35.4 Å². The van der Waals surface area contributed by atoms with Gasteiger partial charge in [-0.3, -0.25) is 0 Å². The Labute approximate surface area is 168 Å². The van der Waals surface area contributed by atoms with E-state index in [1.807, 2.05) is 0 Å². The van der Waals surface area contributed by atoms with Crippen LogP contribution in [0.5, 0.6) is 0 Å². The zero-order valence-electron chi connectivity index (χ0n) is 15.1. The van der Waals surface area contributed by atoms with Gasteiger partial charge in [0.1, 0.15) is 0 Å². The first-order chi connectivity index (χ1) is 10.5. The Kier molecular flexibility index (Phi) is 13.7. The van der Waals surface area contributed by atoms with E-state index in [1.54, 1.807) is 12.1 Å². The van der Waals surface area contributed by atoms with Gasteiger partial charge in [0, 0.05) is 17.3 Å². The molecule has 0 fully saturated rings. The van der Waals surface area contributed by atoms with Crippen LogP contribution in [-0.2, 0) is 4.18 Å². The van der Waals surface area contributed by atoms with Gasteiger partial charge in [-0.25, -0.2) is 9.59 Å². The quantitative estimate of drug-likeness (QED) is 0.665. The number of hydrogen-bond acceptors (Lipinski definition) is 4. The van der Waals surface area contributed by atoms with Crippen molar-refractivity contribution in [3.8, 4) is 0 Å². The zero-order valence-corrected chi connectivity index (χ0v) is 17.9. The summed E-state index contributed by atoms with van der Waals surface area (Å²) in [4.78, 5) is 23.5. The molecule has 0 heterocycles. The molecule has 0 unspecified atom stereocenters. The van der Waals surface area contributed by atoms with Crippen molar-refractivity contribution < 1.29 is 53.9 Å². The Bertz CT molecular complexity index is 504. The second kappa shape index (κ2) is 12.8. The van der Waals surface area contributed by atoms with Gasteiger partial charge in [-0.1, -0.05) is 37.1 Å². The summed E-state index contributed by atoms with van der Waals surface area (Å²) in [6.45, 7) is 6.31. The molecule has 1 aromatic carbocycles. The molecule has 0 aromatic heterocycles. The van der Waals surface area contributed by atoms with Crippen LogP contribution in [0.25, 0.3) is 0 Å². The summed E-state index contributed by atoms with van der Waals surface area (Å²) in [5, 5.41) is 9.03. The number of carbonyl (C=O) groups excluding carboxylic acids is 1. The molecule has 0 saturated heterocycles. The van der Waals surface area contributed by atoms with E-state index in [0.717, 1.165) is 36.5 Å². The van der Waals surface area contributed by atoms with Gasteiger partial charge in [0.25, 0.3) is 0 Å². The average Bonchev–Trinajstić information content (AvgIpc) is 2.48. The molecule has 0 radical (unpaired) electrons. The zero-order chi connectivity index (χ0) is 16.6. The van der Waals surface area contributed by atoms with Crippen LogP contribution in [0.15, 0.2) is 24.3 Å².